The van der Waals surface area contributed by atoms with Gasteiger partial charge < -0.3 is 11.1 Å². The molecule has 0 heterocycles. The molecule has 2 nitrogen and oxygen atoms in total. The summed E-state index contributed by atoms with van der Waals surface area (Å²) < 4.78 is 1.04. The van der Waals surface area contributed by atoms with Crippen molar-refractivity contribution >= 4 is 21.6 Å². The molecule has 1 aromatic rings. The van der Waals surface area contributed by atoms with E-state index in [0.29, 0.717) is 6.04 Å². The van der Waals surface area contributed by atoms with Gasteiger partial charge in [0.25, 0.3) is 0 Å². The molecule has 13 heavy (non-hydrogen) atoms. The zero-order valence-electron chi connectivity index (χ0n) is 7.97. The van der Waals surface area contributed by atoms with Crippen LogP contribution in [-0.2, 0) is 6.54 Å². The van der Waals surface area contributed by atoms with Crippen LogP contribution in [0, 0.1) is 0 Å². The largest absolute Gasteiger partial charge is 0.399 e. The van der Waals surface area contributed by atoms with Gasteiger partial charge in [-0.15, -0.1) is 0 Å². The number of rotatable bonds is 3. The second-order valence-electron chi connectivity index (χ2n) is 3.43. The van der Waals surface area contributed by atoms with Gasteiger partial charge in [-0.2, -0.15) is 0 Å². The van der Waals surface area contributed by atoms with Gasteiger partial charge in [-0.3, -0.25) is 0 Å². The maximum Gasteiger partial charge on any atom is 0.0328 e. The highest BCUT2D eigenvalue weighted by Crippen LogP contribution is 2.17. The lowest BCUT2D eigenvalue weighted by molar-refractivity contribution is 0.589. The van der Waals surface area contributed by atoms with E-state index in [0.717, 1.165) is 16.7 Å². The van der Waals surface area contributed by atoms with Crippen LogP contribution >= 0.6 is 15.9 Å². The summed E-state index contributed by atoms with van der Waals surface area (Å²) in [6, 6.07) is 6.46. The molecule has 1 aromatic carbocycles. The van der Waals surface area contributed by atoms with Crippen molar-refractivity contribution in [3.63, 3.8) is 0 Å². The second-order valence-corrected chi connectivity index (χ2v) is 4.34. The Morgan fingerprint density at radius 2 is 2.08 bits per heavy atom. The quantitative estimate of drug-likeness (QED) is 0.800. The molecule has 0 spiro atoms. The first-order valence-corrected chi connectivity index (χ1v) is 5.15. The Kier molecular flexibility index (Phi) is 3.75. The van der Waals surface area contributed by atoms with Gasteiger partial charge in [0.1, 0.15) is 0 Å². The van der Waals surface area contributed by atoms with Crippen molar-refractivity contribution in [2.24, 2.45) is 0 Å². The van der Waals surface area contributed by atoms with E-state index in [-0.39, 0.29) is 0 Å². The SMILES string of the molecule is CC(C)NCc1cc(N)cc(Br)c1. The number of halogens is 1. The topological polar surface area (TPSA) is 38.0 Å². The lowest BCUT2D eigenvalue weighted by atomic mass is 10.2. The average molecular weight is 243 g/mol. The van der Waals surface area contributed by atoms with E-state index in [1.165, 1.54) is 5.56 Å². The molecule has 0 fully saturated rings. The van der Waals surface area contributed by atoms with Crippen LogP contribution in [0.5, 0.6) is 0 Å². The normalized spacial score (nSPS) is 10.8. The van der Waals surface area contributed by atoms with Crippen molar-refractivity contribution in [1.82, 2.24) is 5.32 Å². The first kappa shape index (κ1) is 10.5. The fourth-order valence-corrected chi connectivity index (χ4v) is 1.66. The molecule has 0 saturated heterocycles. The van der Waals surface area contributed by atoms with E-state index >= 15 is 0 Å². The van der Waals surface area contributed by atoms with Gasteiger partial charge in [0.05, 0.1) is 0 Å². The van der Waals surface area contributed by atoms with Gasteiger partial charge in [0.15, 0.2) is 0 Å². The summed E-state index contributed by atoms with van der Waals surface area (Å²) in [6.07, 6.45) is 0. The van der Waals surface area contributed by atoms with Crippen LogP contribution in [0.1, 0.15) is 19.4 Å². The minimum Gasteiger partial charge on any atom is -0.399 e. The number of nitrogens with one attached hydrogen (secondary N) is 1. The van der Waals surface area contributed by atoms with Crippen molar-refractivity contribution in [3.05, 3.63) is 28.2 Å². The molecule has 0 bridgehead atoms. The minimum absolute atomic E-state index is 0.500. The Hall–Kier alpha value is -0.540. The summed E-state index contributed by atoms with van der Waals surface area (Å²) in [5.74, 6) is 0. The second kappa shape index (κ2) is 4.63. The Bertz CT molecular complexity index is 264. The molecule has 72 valence electrons. The molecule has 3 heteroatoms. The first-order valence-electron chi connectivity index (χ1n) is 4.36. The summed E-state index contributed by atoms with van der Waals surface area (Å²) >= 11 is 3.41. The molecule has 0 aliphatic rings. The van der Waals surface area contributed by atoms with Crippen LogP contribution in [-0.4, -0.2) is 6.04 Å². The summed E-state index contributed by atoms with van der Waals surface area (Å²) in [5, 5.41) is 3.34. The number of hydrogen-bond donors (Lipinski definition) is 2. The smallest absolute Gasteiger partial charge is 0.0328 e. The number of nitrogen functional groups attached to an aromatic ring is 1. The van der Waals surface area contributed by atoms with Crippen LogP contribution in [0.15, 0.2) is 22.7 Å². The molecule has 0 unspecified atom stereocenters. The zero-order chi connectivity index (χ0) is 9.84. The highest BCUT2D eigenvalue weighted by Gasteiger charge is 1.98. The molecule has 0 radical (unpaired) electrons. The van der Waals surface area contributed by atoms with Crippen LogP contribution < -0.4 is 11.1 Å². The number of hydrogen-bond acceptors (Lipinski definition) is 2. The molecule has 0 aromatic heterocycles. The summed E-state index contributed by atoms with van der Waals surface area (Å²) in [6.45, 7) is 5.12. The lowest BCUT2D eigenvalue weighted by Gasteiger charge is -2.08. The molecule has 0 atom stereocenters. The van der Waals surface area contributed by atoms with Crippen molar-refractivity contribution in [1.29, 1.82) is 0 Å². The maximum atomic E-state index is 5.71. The van der Waals surface area contributed by atoms with Crippen LogP contribution in [0.4, 0.5) is 5.69 Å². The third-order valence-electron chi connectivity index (χ3n) is 1.69. The highest BCUT2D eigenvalue weighted by molar-refractivity contribution is 9.10. The number of nitrogens with two attached hydrogens (primary N) is 1. The molecule has 0 aliphatic heterocycles. The molecule has 0 amide bonds. The van der Waals surface area contributed by atoms with E-state index in [9.17, 15) is 0 Å². The number of benzene rings is 1. The van der Waals surface area contributed by atoms with E-state index < -0.39 is 0 Å². The van der Waals surface area contributed by atoms with E-state index in [1.54, 1.807) is 0 Å². The zero-order valence-corrected chi connectivity index (χ0v) is 9.56. The Balaban J connectivity index is 2.66. The maximum absolute atomic E-state index is 5.71. The standard InChI is InChI=1S/C10H15BrN2/c1-7(2)13-6-8-3-9(11)5-10(12)4-8/h3-5,7,13H,6,12H2,1-2H3. The van der Waals surface area contributed by atoms with Crippen LogP contribution in [0.2, 0.25) is 0 Å². The highest BCUT2D eigenvalue weighted by atomic mass is 79.9. The predicted molar refractivity (Wildman–Crippen MR) is 60.5 cm³/mol. The molecular formula is C10H15BrN2. The molecule has 3 N–H and O–H groups in total. The third kappa shape index (κ3) is 3.79. The first-order chi connectivity index (χ1) is 6.08. The Morgan fingerprint density at radius 3 is 2.62 bits per heavy atom. The minimum atomic E-state index is 0.500. The van der Waals surface area contributed by atoms with Gasteiger partial charge in [-0.1, -0.05) is 29.8 Å². The summed E-state index contributed by atoms with van der Waals surface area (Å²) in [4.78, 5) is 0. The number of anilines is 1. The van der Waals surface area contributed by atoms with Gasteiger partial charge in [0.2, 0.25) is 0 Å². The van der Waals surface area contributed by atoms with E-state index in [4.69, 9.17) is 5.73 Å². The van der Waals surface area contributed by atoms with Gasteiger partial charge in [0, 0.05) is 22.7 Å². The summed E-state index contributed by atoms with van der Waals surface area (Å²) in [5.41, 5.74) is 7.72. The molecule has 1 rings (SSSR count). The fraction of sp³-hybridized carbons (Fsp3) is 0.400. The average Bonchev–Trinajstić information content (AvgIpc) is 1.99. The van der Waals surface area contributed by atoms with Crippen molar-refractivity contribution in [2.75, 3.05) is 5.73 Å². The summed E-state index contributed by atoms with van der Waals surface area (Å²) in [7, 11) is 0. The van der Waals surface area contributed by atoms with Gasteiger partial charge >= 0.3 is 0 Å². The molecular weight excluding hydrogens is 228 g/mol. The Morgan fingerprint density at radius 1 is 1.38 bits per heavy atom. The van der Waals surface area contributed by atoms with Crippen molar-refractivity contribution in [2.45, 2.75) is 26.4 Å². The van der Waals surface area contributed by atoms with Gasteiger partial charge in [-0.05, 0) is 23.8 Å². The lowest BCUT2D eigenvalue weighted by Crippen LogP contribution is -2.21. The van der Waals surface area contributed by atoms with Crippen LogP contribution in [0.25, 0.3) is 0 Å². The monoisotopic (exact) mass is 242 g/mol. The van der Waals surface area contributed by atoms with Gasteiger partial charge in [-0.25, -0.2) is 0 Å². The van der Waals surface area contributed by atoms with E-state index in [2.05, 4.69) is 41.2 Å². The van der Waals surface area contributed by atoms with Crippen molar-refractivity contribution in [3.8, 4) is 0 Å². The fourth-order valence-electron chi connectivity index (χ4n) is 1.10. The third-order valence-corrected chi connectivity index (χ3v) is 2.15. The van der Waals surface area contributed by atoms with Crippen LogP contribution in [0.3, 0.4) is 0 Å². The van der Waals surface area contributed by atoms with Crippen molar-refractivity contribution < 1.29 is 0 Å². The molecule has 0 saturated carbocycles. The van der Waals surface area contributed by atoms with E-state index in [1.807, 2.05) is 12.1 Å². The molecule has 0 aliphatic carbocycles. The predicted octanol–water partition coefficient (Wildman–Crippen LogP) is 2.53. The Labute approximate surface area is 87.6 Å².